The van der Waals surface area contributed by atoms with Gasteiger partial charge in [-0.15, -0.1) is 11.3 Å². The number of phenols is 1. The second-order valence-corrected chi connectivity index (χ2v) is 7.65. The zero-order valence-corrected chi connectivity index (χ0v) is 13.9. The molecule has 0 spiro atoms. The van der Waals surface area contributed by atoms with Crippen molar-refractivity contribution in [3.8, 4) is 5.75 Å². The minimum atomic E-state index is -0.884. The molecular weight excluding hydrogens is 320 g/mol. The molecule has 2 heterocycles. The van der Waals surface area contributed by atoms with Crippen LogP contribution in [0.2, 0.25) is 0 Å². The van der Waals surface area contributed by atoms with Gasteiger partial charge in [-0.25, -0.2) is 9.78 Å². The first-order valence-corrected chi connectivity index (χ1v) is 8.72. The molecule has 3 rings (SSSR count). The van der Waals surface area contributed by atoms with Crippen LogP contribution in [0.4, 0.5) is 0 Å². The second-order valence-electron chi connectivity index (χ2n) is 5.22. The van der Waals surface area contributed by atoms with E-state index in [1.807, 2.05) is 13.8 Å². The van der Waals surface area contributed by atoms with E-state index in [4.69, 9.17) is 0 Å². The highest BCUT2D eigenvalue weighted by molar-refractivity contribution is 8.16. The van der Waals surface area contributed by atoms with Crippen LogP contribution in [-0.2, 0) is 4.79 Å². The molecular formula is C15H16N2O3S2. The lowest BCUT2D eigenvalue weighted by molar-refractivity contribution is -0.139. The number of phenolic OH excluding ortho intramolecular Hbond substituents is 1. The van der Waals surface area contributed by atoms with Crippen molar-refractivity contribution >= 4 is 44.3 Å². The zero-order valence-electron chi connectivity index (χ0n) is 12.2. The van der Waals surface area contributed by atoms with E-state index in [1.165, 1.54) is 23.1 Å². The number of aromatic hydroxyl groups is 1. The van der Waals surface area contributed by atoms with Gasteiger partial charge in [0.1, 0.15) is 15.8 Å². The van der Waals surface area contributed by atoms with E-state index in [9.17, 15) is 15.0 Å². The number of hydrogen-bond donors (Lipinski definition) is 2. The summed E-state index contributed by atoms with van der Waals surface area (Å²) in [6.45, 7) is 4.00. The molecule has 0 amide bonds. The number of carbonyl (C=O) groups is 1. The topological polar surface area (TPSA) is 82.8 Å². The monoisotopic (exact) mass is 336 g/mol. The molecule has 0 radical (unpaired) electrons. The molecule has 7 heteroatoms. The smallest absolute Gasteiger partial charge is 0.329 e. The molecule has 0 saturated heterocycles. The average molecular weight is 336 g/mol. The number of aliphatic carboxylic acids is 1. The number of fused-ring (bicyclic) bond motifs is 1. The van der Waals surface area contributed by atoms with Gasteiger partial charge < -0.3 is 10.2 Å². The normalized spacial score (nSPS) is 20.3. The molecule has 0 saturated carbocycles. The predicted octanol–water partition coefficient (Wildman–Crippen LogP) is 3.51. The van der Waals surface area contributed by atoms with Crippen LogP contribution < -0.4 is 0 Å². The first kappa shape index (κ1) is 15.3. The molecule has 0 aliphatic carbocycles. The molecule has 1 unspecified atom stereocenters. The van der Waals surface area contributed by atoms with Gasteiger partial charge in [0.25, 0.3) is 0 Å². The fourth-order valence-electron chi connectivity index (χ4n) is 2.67. The minimum absolute atomic E-state index is 0.198. The number of thioether (sulfide) groups is 1. The molecule has 2 N–H and O–H groups in total. The lowest BCUT2D eigenvalue weighted by Gasteiger charge is -2.28. The van der Waals surface area contributed by atoms with Gasteiger partial charge in [0.2, 0.25) is 0 Å². The molecule has 1 aromatic heterocycles. The van der Waals surface area contributed by atoms with Crippen molar-refractivity contribution in [1.29, 1.82) is 0 Å². The van der Waals surface area contributed by atoms with E-state index in [2.05, 4.69) is 9.98 Å². The van der Waals surface area contributed by atoms with Crippen LogP contribution in [0.25, 0.3) is 10.2 Å². The zero-order chi connectivity index (χ0) is 15.9. The van der Waals surface area contributed by atoms with Crippen molar-refractivity contribution < 1.29 is 15.0 Å². The Kier molecular flexibility index (Phi) is 3.86. The van der Waals surface area contributed by atoms with Crippen molar-refractivity contribution in [2.75, 3.05) is 0 Å². The summed E-state index contributed by atoms with van der Waals surface area (Å²) in [5.74, 6) is -0.687. The highest BCUT2D eigenvalue weighted by Crippen LogP contribution is 2.46. The van der Waals surface area contributed by atoms with Gasteiger partial charge in [-0.05, 0) is 31.0 Å². The van der Waals surface area contributed by atoms with Crippen molar-refractivity contribution in [3.63, 3.8) is 0 Å². The van der Waals surface area contributed by atoms with Crippen LogP contribution in [0, 0.1) is 0 Å². The summed E-state index contributed by atoms with van der Waals surface area (Å²) >= 11 is 2.95. The minimum Gasteiger partial charge on any atom is -0.508 e. The van der Waals surface area contributed by atoms with E-state index in [1.54, 1.807) is 18.2 Å². The van der Waals surface area contributed by atoms with E-state index in [-0.39, 0.29) is 5.75 Å². The lowest BCUT2D eigenvalue weighted by Crippen LogP contribution is -2.39. The van der Waals surface area contributed by atoms with E-state index < -0.39 is 16.8 Å². The summed E-state index contributed by atoms with van der Waals surface area (Å²) < 4.78 is 0.469. The number of thiazole rings is 1. The van der Waals surface area contributed by atoms with E-state index in [0.717, 1.165) is 28.1 Å². The van der Waals surface area contributed by atoms with Crippen molar-refractivity contribution in [2.24, 2.45) is 4.99 Å². The number of carboxylic acids is 1. The largest absolute Gasteiger partial charge is 0.508 e. The Hall–Kier alpha value is -1.60. The molecule has 116 valence electrons. The standard InChI is InChI=1S/C15H16N2O3S2/c1-3-15(4-2)11(14(19)20)17-13(22-15)12-16-9-6-5-8(18)7-10(9)21-12/h5-7,11,18H,3-4H2,1-2H3,(H,19,20). The maximum atomic E-state index is 11.6. The molecule has 1 aliphatic heterocycles. The Balaban J connectivity index is 2.03. The van der Waals surface area contributed by atoms with Crippen molar-refractivity contribution in [1.82, 2.24) is 4.98 Å². The van der Waals surface area contributed by atoms with Crippen LogP contribution in [0.5, 0.6) is 5.75 Å². The number of aliphatic imine (C=N–C) groups is 1. The first-order chi connectivity index (χ1) is 10.5. The number of aromatic nitrogens is 1. The fraction of sp³-hybridized carbons (Fsp3) is 0.400. The molecule has 2 aromatic rings. The van der Waals surface area contributed by atoms with E-state index in [0.29, 0.717) is 5.04 Å². The third-order valence-electron chi connectivity index (χ3n) is 4.03. The number of rotatable bonds is 4. The lowest BCUT2D eigenvalue weighted by atomic mass is 9.93. The number of carboxylic acid groups (broad SMARTS) is 1. The summed E-state index contributed by atoms with van der Waals surface area (Å²) in [4.78, 5) is 20.5. The van der Waals surface area contributed by atoms with Crippen LogP contribution in [-0.4, -0.2) is 37.0 Å². The molecule has 0 fully saturated rings. The highest BCUT2D eigenvalue weighted by atomic mass is 32.2. The predicted molar refractivity (Wildman–Crippen MR) is 90.1 cm³/mol. The second kappa shape index (κ2) is 5.55. The molecule has 0 bridgehead atoms. The molecule has 5 nitrogen and oxygen atoms in total. The Bertz CT molecular complexity index is 765. The van der Waals surface area contributed by atoms with Crippen LogP contribution >= 0.6 is 23.1 Å². The first-order valence-electron chi connectivity index (χ1n) is 7.08. The van der Waals surface area contributed by atoms with Gasteiger partial charge in [0.15, 0.2) is 6.04 Å². The Morgan fingerprint density at radius 1 is 1.36 bits per heavy atom. The quantitative estimate of drug-likeness (QED) is 0.893. The van der Waals surface area contributed by atoms with Crippen LogP contribution in [0.15, 0.2) is 23.2 Å². The number of hydrogen-bond acceptors (Lipinski definition) is 6. The summed E-state index contributed by atoms with van der Waals surface area (Å²) in [5, 5.41) is 20.4. The Morgan fingerprint density at radius 3 is 2.68 bits per heavy atom. The van der Waals surface area contributed by atoms with Gasteiger partial charge in [-0.3, -0.25) is 4.99 Å². The maximum Gasteiger partial charge on any atom is 0.329 e. The maximum absolute atomic E-state index is 11.6. The van der Waals surface area contributed by atoms with Crippen LogP contribution in [0.1, 0.15) is 31.7 Å². The van der Waals surface area contributed by atoms with Gasteiger partial charge >= 0.3 is 5.97 Å². The third-order valence-corrected chi connectivity index (χ3v) is 6.88. The molecule has 1 aliphatic rings. The molecule has 1 atom stereocenters. The SMILES string of the molecule is CCC1(CC)SC(c2nc3ccc(O)cc3s2)=NC1C(=O)O. The average Bonchev–Trinajstić information content (AvgIpc) is 3.08. The Labute approximate surface area is 136 Å². The van der Waals surface area contributed by atoms with Crippen LogP contribution in [0.3, 0.4) is 0 Å². The van der Waals surface area contributed by atoms with Gasteiger partial charge in [0.05, 0.1) is 15.0 Å². The number of nitrogens with zero attached hydrogens (tertiary/aromatic N) is 2. The summed E-state index contributed by atoms with van der Waals surface area (Å²) in [6, 6.07) is 4.28. The molecule has 22 heavy (non-hydrogen) atoms. The summed E-state index contributed by atoms with van der Waals surface area (Å²) in [5.41, 5.74) is 0.790. The fourth-order valence-corrected chi connectivity index (χ4v) is 5.04. The van der Waals surface area contributed by atoms with E-state index >= 15 is 0 Å². The summed E-state index contributed by atoms with van der Waals surface area (Å²) in [6.07, 6.45) is 1.48. The van der Waals surface area contributed by atoms with Gasteiger partial charge in [0, 0.05) is 0 Å². The number of benzene rings is 1. The van der Waals surface area contributed by atoms with Gasteiger partial charge in [-0.1, -0.05) is 25.6 Å². The summed E-state index contributed by atoms with van der Waals surface area (Å²) in [7, 11) is 0. The highest BCUT2D eigenvalue weighted by Gasteiger charge is 2.47. The van der Waals surface area contributed by atoms with Crippen molar-refractivity contribution in [2.45, 2.75) is 37.5 Å². The van der Waals surface area contributed by atoms with Crippen molar-refractivity contribution in [3.05, 3.63) is 23.2 Å². The van der Waals surface area contributed by atoms with Gasteiger partial charge in [-0.2, -0.15) is 0 Å². The third kappa shape index (κ3) is 2.38. The molecule has 1 aromatic carbocycles. The Morgan fingerprint density at radius 2 is 2.09 bits per heavy atom.